The summed E-state index contributed by atoms with van der Waals surface area (Å²) in [6, 6.07) is 5.31. The van der Waals surface area contributed by atoms with Gasteiger partial charge in [-0.3, -0.25) is 9.59 Å². The molecule has 0 spiro atoms. The Morgan fingerprint density at radius 1 is 1.44 bits per heavy atom. The van der Waals surface area contributed by atoms with E-state index in [0.717, 1.165) is 6.07 Å². The summed E-state index contributed by atoms with van der Waals surface area (Å²) in [7, 11) is 0. The number of rotatable bonds is 1. The molecule has 2 rings (SSSR count). The van der Waals surface area contributed by atoms with Gasteiger partial charge < -0.3 is 15.3 Å². The highest BCUT2D eigenvalue weighted by atomic mass is 19.1. The van der Waals surface area contributed by atoms with E-state index in [1.807, 2.05) is 0 Å². The first-order valence-corrected chi connectivity index (χ1v) is 5.60. The van der Waals surface area contributed by atoms with Crippen molar-refractivity contribution < 1.29 is 19.1 Å². The first-order valence-electron chi connectivity index (χ1n) is 5.60. The second-order valence-electron chi connectivity index (χ2n) is 4.16. The van der Waals surface area contributed by atoms with E-state index in [2.05, 4.69) is 5.32 Å². The zero-order chi connectivity index (χ0) is 13.1. The molecular weight excluding hydrogens is 239 g/mol. The van der Waals surface area contributed by atoms with Crippen LogP contribution in [0.4, 0.5) is 10.1 Å². The fourth-order valence-electron chi connectivity index (χ4n) is 1.82. The lowest BCUT2D eigenvalue weighted by Gasteiger charge is -2.14. The van der Waals surface area contributed by atoms with Gasteiger partial charge in [-0.15, -0.1) is 0 Å². The van der Waals surface area contributed by atoms with Crippen LogP contribution in [0, 0.1) is 5.82 Å². The zero-order valence-corrected chi connectivity index (χ0v) is 9.60. The van der Waals surface area contributed by atoms with E-state index in [0.29, 0.717) is 13.0 Å². The van der Waals surface area contributed by atoms with Gasteiger partial charge in [-0.2, -0.15) is 0 Å². The summed E-state index contributed by atoms with van der Waals surface area (Å²) in [6.07, 6.45) is -0.102. The van der Waals surface area contributed by atoms with E-state index >= 15 is 0 Å². The largest absolute Gasteiger partial charge is 0.391 e. The molecule has 2 N–H and O–H groups in total. The van der Waals surface area contributed by atoms with Crippen molar-refractivity contribution in [3.8, 4) is 0 Å². The van der Waals surface area contributed by atoms with Crippen LogP contribution in [0.15, 0.2) is 24.3 Å². The number of benzene rings is 1. The Hall–Kier alpha value is -1.95. The average molecular weight is 252 g/mol. The normalized spacial score (nSPS) is 18.8. The molecule has 5 nitrogen and oxygen atoms in total. The molecule has 0 aliphatic carbocycles. The third-order valence-corrected chi connectivity index (χ3v) is 2.73. The number of aliphatic hydroxyl groups is 1. The molecule has 0 saturated carbocycles. The topological polar surface area (TPSA) is 69.6 Å². The number of nitrogens with zero attached hydrogens (tertiary/aromatic N) is 1. The summed E-state index contributed by atoms with van der Waals surface area (Å²) in [5.41, 5.74) is 0.230. The van der Waals surface area contributed by atoms with Crippen molar-refractivity contribution in [2.45, 2.75) is 12.5 Å². The second kappa shape index (κ2) is 5.14. The van der Waals surface area contributed by atoms with Crippen molar-refractivity contribution >= 4 is 17.5 Å². The van der Waals surface area contributed by atoms with Gasteiger partial charge in [0.05, 0.1) is 6.10 Å². The highest BCUT2D eigenvalue weighted by Crippen LogP contribution is 2.12. The van der Waals surface area contributed by atoms with Crippen LogP contribution in [-0.2, 0) is 9.59 Å². The van der Waals surface area contributed by atoms with Gasteiger partial charge in [0.1, 0.15) is 5.82 Å². The van der Waals surface area contributed by atoms with Crippen molar-refractivity contribution in [3.05, 3.63) is 30.1 Å². The summed E-state index contributed by atoms with van der Waals surface area (Å²) in [5.74, 6) is -2.03. The molecule has 1 aromatic carbocycles. The monoisotopic (exact) mass is 252 g/mol. The van der Waals surface area contributed by atoms with Gasteiger partial charge in [0.15, 0.2) is 0 Å². The molecule has 0 unspecified atom stereocenters. The Labute approximate surface area is 103 Å². The van der Waals surface area contributed by atoms with Crippen molar-refractivity contribution in [2.24, 2.45) is 0 Å². The van der Waals surface area contributed by atoms with Gasteiger partial charge in [0.2, 0.25) is 0 Å². The van der Waals surface area contributed by atoms with Crippen LogP contribution < -0.4 is 5.32 Å². The van der Waals surface area contributed by atoms with Crippen LogP contribution in [0.5, 0.6) is 0 Å². The number of carbonyl (C=O) groups excluding carboxylic acids is 2. The minimum atomic E-state index is -0.824. The lowest BCUT2D eigenvalue weighted by atomic mass is 10.3. The van der Waals surface area contributed by atoms with E-state index in [9.17, 15) is 19.1 Å². The number of hydrogen-bond donors (Lipinski definition) is 2. The van der Waals surface area contributed by atoms with E-state index in [1.165, 1.54) is 23.1 Å². The molecule has 0 radical (unpaired) electrons. The molecule has 1 saturated heterocycles. The van der Waals surface area contributed by atoms with Crippen molar-refractivity contribution in [1.82, 2.24) is 4.90 Å². The summed E-state index contributed by atoms with van der Waals surface area (Å²) < 4.78 is 12.9. The summed E-state index contributed by atoms with van der Waals surface area (Å²) >= 11 is 0. The van der Waals surface area contributed by atoms with Gasteiger partial charge in [-0.25, -0.2) is 4.39 Å². The molecule has 18 heavy (non-hydrogen) atoms. The van der Waals surface area contributed by atoms with Gasteiger partial charge in [-0.1, -0.05) is 6.07 Å². The lowest BCUT2D eigenvalue weighted by molar-refractivity contribution is -0.142. The Morgan fingerprint density at radius 3 is 2.83 bits per heavy atom. The van der Waals surface area contributed by atoms with Crippen LogP contribution >= 0.6 is 0 Å². The number of carbonyl (C=O) groups is 2. The maximum absolute atomic E-state index is 12.9. The van der Waals surface area contributed by atoms with Crippen molar-refractivity contribution in [1.29, 1.82) is 0 Å². The minimum absolute atomic E-state index is 0.162. The summed E-state index contributed by atoms with van der Waals surface area (Å²) in [4.78, 5) is 24.6. The smallest absolute Gasteiger partial charge is 0.313 e. The van der Waals surface area contributed by atoms with Gasteiger partial charge in [-0.05, 0) is 24.6 Å². The van der Waals surface area contributed by atoms with Crippen LogP contribution in [0.1, 0.15) is 6.42 Å². The van der Waals surface area contributed by atoms with Crippen LogP contribution in [0.3, 0.4) is 0 Å². The highest BCUT2D eigenvalue weighted by Gasteiger charge is 2.28. The Morgan fingerprint density at radius 2 is 2.22 bits per heavy atom. The van der Waals surface area contributed by atoms with Gasteiger partial charge >= 0.3 is 11.8 Å². The molecule has 0 aromatic heterocycles. The maximum atomic E-state index is 12.9. The number of hydrogen-bond acceptors (Lipinski definition) is 3. The molecule has 2 amide bonds. The molecule has 1 fully saturated rings. The third-order valence-electron chi connectivity index (χ3n) is 2.73. The predicted octanol–water partition coefficient (Wildman–Crippen LogP) is 0.357. The van der Waals surface area contributed by atoms with Gasteiger partial charge in [0, 0.05) is 18.8 Å². The third kappa shape index (κ3) is 2.84. The van der Waals surface area contributed by atoms with E-state index in [-0.39, 0.29) is 12.2 Å². The molecule has 1 heterocycles. The molecule has 1 aliphatic heterocycles. The van der Waals surface area contributed by atoms with Crippen molar-refractivity contribution in [3.63, 3.8) is 0 Å². The maximum Gasteiger partial charge on any atom is 0.313 e. The molecule has 96 valence electrons. The van der Waals surface area contributed by atoms with Crippen LogP contribution in [0.25, 0.3) is 0 Å². The van der Waals surface area contributed by atoms with Gasteiger partial charge in [0.25, 0.3) is 0 Å². The summed E-state index contributed by atoms with van der Waals surface area (Å²) in [5, 5.41) is 11.6. The fourth-order valence-corrected chi connectivity index (χ4v) is 1.82. The highest BCUT2D eigenvalue weighted by molar-refractivity contribution is 6.39. The number of aliphatic hydroxyl groups excluding tert-OH is 1. The van der Waals surface area contributed by atoms with E-state index < -0.39 is 23.7 Å². The first kappa shape index (κ1) is 12.5. The number of amides is 2. The molecule has 1 atom stereocenters. The Bertz CT molecular complexity index is 478. The van der Waals surface area contributed by atoms with E-state index in [4.69, 9.17) is 0 Å². The number of likely N-dealkylation sites (tertiary alicyclic amines) is 1. The fraction of sp³-hybridized carbons (Fsp3) is 0.333. The minimum Gasteiger partial charge on any atom is -0.391 e. The molecular formula is C12H13FN2O3. The second-order valence-corrected chi connectivity index (χ2v) is 4.16. The molecule has 1 aromatic rings. The quantitative estimate of drug-likeness (QED) is 0.709. The molecule has 1 aliphatic rings. The molecule has 0 bridgehead atoms. The number of halogens is 1. The Kier molecular flexibility index (Phi) is 3.57. The number of anilines is 1. The number of β-amino-alcohol motifs (C(OH)–C–C–N with tert-alkyl or cyclic N) is 1. The average Bonchev–Trinajstić information content (AvgIpc) is 2.75. The van der Waals surface area contributed by atoms with Crippen LogP contribution in [0.2, 0.25) is 0 Å². The first-order chi connectivity index (χ1) is 8.56. The molecule has 6 heteroatoms. The van der Waals surface area contributed by atoms with Crippen LogP contribution in [-0.4, -0.2) is 41.0 Å². The summed E-state index contributed by atoms with van der Waals surface area (Å²) in [6.45, 7) is 0.520. The number of nitrogens with one attached hydrogen (secondary N) is 1. The SMILES string of the molecule is O=C(Nc1cccc(F)c1)C(=O)N1CC[C@@H](O)C1. The zero-order valence-electron chi connectivity index (χ0n) is 9.60. The van der Waals surface area contributed by atoms with Crippen molar-refractivity contribution in [2.75, 3.05) is 18.4 Å². The Balaban J connectivity index is 1.97. The lowest BCUT2D eigenvalue weighted by Crippen LogP contribution is -2.38. The van der Waals surface area contributed by atoms with E-state index in [1.54, 1.807) is 0 Å². The standard InChI is InChI=1S/C12H13FN2O3/c13-8-2-1-3-9(6-8)14-11(17)12(18)15-5-4-10(16)7-15/h1-3,6,10,16H,4-5,7H2,(H,14,17)/t10-/m1/s1. The predicted molar refractivity (Wildman–Crippen MR) is 62.2 cm³/mol.